The van der Waals surface area contributed by atoms with Gasteiger partial charge in [-0.2, -0.15) is 0 Å². The van der Waals surface area contributed by atoms with Gasteiger partial charge in [0.1, 0.15) is 0 Å². The fourth-order valence-electron chi connectivity index (χ4n) is 0. The van der Waals surface area contributed by atoms with E-state index in [0.717, 1.165) is 0 Å². The Kier molecular flexibility index (Phi) is 156. The van der Waals surface area contributed by atoms with Crippen LogP contribution in [0.5, 0.6) is 0 Å². The third-order valence-electron chi connectivity index (χ3n) is 0. The van der Waals surface area contributed by atoms with Gasteiger partial charge < -0.3 is 51.1 Å². The van der Waals surface area contributed by atoms with Gasteiger partial charge in [-0.15, -0.1) is 0 Å². The molecule has 0 aliphatic rings. The Bertz CT molecular complexity index is 220. The Morgan fingerprint density at radius 1 is 0.474 bits per heavy atom. The molecule has 0 bridgehead atoms. The van der Waals surface area contributed by atoms with Gasteiger partial charge in [0, 0.05) is 20.8 Å². The summed E-state index contributed by atoms with van der Waals surface area (Å²) in [7, 11) is -10.3. The van der Waals surface area contributed by atoms with Crippen LogP contribution in [0.2, 0.25) is 0 Å². The van der Waals surface area contributed by atoms with Gasteiger partial charge in [0.15, 0.2) is 0 Å². The van der Waals surface area contributed by atoms with Gasteiger partial charge in [-0.1, -0.05) is 0 Å². The Labute approximate surface area is 203 Å². The van der Waals surface area contributed by atoms with E-state index in [2.05, 4.69) is 0 Å². The van der Waals surface area contributed by atoms with Crippen molar-refractivity contribution in [1.82, 2.24) is 0 Å². The summed E-state index contributed by atoms with van der Waals surface area (Å²) in [6.07, 6.45) is 0. The third kappa shape index (κ3) is 740. The van der Waals surface area contributed by atoms with Crippen LogP contribution >= 0.6 is 0 Å². The summed E-state index contributed by atoms with van der Waals surface area (Å²) in [4.78, 5) is 0. The molecule has 0 rings (SSSR count). The Balaban J connectivity index is -0.00000000508. The molecule has 0 aliphatic heterocycles. The summed E-state index contributed by atoms with van der Waals surface area (Å²) in [5.74, 6) is 0. The second-order valence-electron chi connectivity index (χ2n) is 0.816. The van der Waals surface area contributed by atoms with Crippen molar-refractivity contribution < 1.29 is 187 Å². The summed E-state index contributed by atoms with van der Waals surface area (Å²) in [6, 6.07) is 0. The molecule has 19 heavy (non-hydrogen) atoms. The Morgan fingerprint density at radius 2 is 0.474 bits per heavy atom. The summed E-state index contributed by atoms with van der Waals surface area (Å²) < 4.78 is 68.2. The van der Waals surface area contributed by atoms with Gasteiger partial charge in [0.25, 0.3) is 0 Å². The van der Waals surface area contributed by atoms with Crippen LogP contribution in [-0.4, -0.2) is 67.9 Å². The van der Waals surface area contributed by atoms with Gasteiger partial charge in [-0.05, 0) is 0 Å². The van der Waals surface area contributed by atoms with E-state index in [-0.39, 0.29) is 152 Å². The van der Waals surface area contributed by atoms with Crippen LogP contribution in [0, 0.1) is 0 Å². The Morgan fingerprint density at radius 3 is 0.474 bits per heavy atom. The maximum Gasteiger partial charge on any atom is 2.00 e. The summed E-state index contributed by atoms with van der Waals surface area (Å²) >= 11 is 0. The smallest absolute Gasteiger partial charge is 0.759 e. The Hall–Kier alpha value is 3.27. The van der Waals surface area contributed by atoms with Crippen molar-refractivity contribution in [3.63, 3.8) is 0 Å². The van der Waals surface area contributed by atoms with Crippen molar-refractivity contribution in [1.29, 1.82) is 0 Å². The molecule has 0 radical (unpaired) electrons. The van der Waals surface area contributed by atoms with Crippen molar-refractivity contribution >= 4 is 20.8 Å². The minimum absolute atomic E-state index is 0. The summed E-state index contributed by atoms with van der Waals surface area (Å²) in [6.45, 7) is 0. The van der Waals surface area contributed by atoms with Gasteiger partial charge >= 0.3 is 119 Å². The van der Waals surface area contributed by atoms with Crippen LogP contribution in [-0.2, 0) is 37.3 Å². The van der Waals surface area contributed by atoms with Crippen molar-refractivity contribution in [3.05, 3.63) is 0 Å². The molecule has 0 aromatic heterocycles. The van der Waals surface area contributed by atoms with Gasteiger partial charge in [0.05, 0.1) is 0 Å². The molecule has 0 aromatic carbocycles. The first-order chi connectivity index (χ1) is 4.00. The SMILES string of the molecule is O.O.O.O.O.O.O=S(=O)([O-])[O-].O=S(=O)([O-])[O-].[K+].[K+].[Ni+2]. The van der Waals surface area contributed by atoms with E-state index >= 15 is 0 Å². The second kappa shape index (κ2) is 37.5. The molecule has 0 saturated heterocycles. The van der Waals surface area contributed by atoms with Crippen LogP contribution in [0.15, 0.2) is 0 Å². The molecular formula is H12K2NiO14S2. The molecule has 120 valence electrons. The molecule has 0 aromatic rings. The van der Waals surface area contributed by atoms with E-state index in [1.165, 1.54) is 0 Å². The molecule has 0 spiro atoms. The maximum absolute atomic E-state index is 8.52. The fraction of sp³-hybridized carbons (Fsp3) is 0. The van der Waals surface area contributed by atoms with E-state index in [0.29, 0.717) is 0 Å². The maximum atomic E-state index is 8.52. The topological polar surface area (TPSA) is 350 Å². The normalized spacial score (nSPS) is 6.11. The molecule has 0 unspecified atom stereocenters. The second-order valence-corrected chi connectivity index (χ2v) is 2.45. The van der Waals surface area contributed by atoms with Crippen LogP contribution in [0.3, 0.4) is 0 Å². The van der Waals surface area contributed by atoms with Gasteiger partial charge in [-0.3, -0.25) is 16.8 Å². The zero-order chi connectivity index (χ0) is 9.00. The quantitative estimate of drug-likeness (QED) is 0.198. The predicted molar refractivity (Wildman–Crippen MR) is 42.6 cm³/mol. The van der Waals surface area contributed by atoms with Crippen LogP contribution in [0.25, 0.3) is 0 Å². The first-order valence-electron chi connectivity index (χ1n) is 1.33. The van der Waals surface area contributed by atoms with Crippen molar-refractivity contribution in [2.75, 3.05) is 0 Å². The first kappa shape index (κ1) is 79.3. The molecule has 0 atom stereocenters. The molecule has 12 N–H and O–H groups in total. The van der Waals surface area contributed by atoms with Gasteiger partial charge in [-0.25, -0.2) is 0 Å². The molecule has 0 heterocycles. The minimum Gasteiger partial charge on any atom is -0.759 e. The van der Waals surface area contributed by atoms with Crippen LogP contribution in [0.4, 0.5) is 0 Å². The van der Waals surface area contributed by atoms with E-state index in [9.17, 15) is 0 Å². The number of hydrogen-bond acceptors (Lipinski definition) is 8. The van der Waals surface area contributed by atoms with Crippen molar-refractivity contribution in [2.24, 2.45) is 0 Å². The molecule has 19 heteroatoms. The largest absolute Gasteiger partial charge is 2.00 e. The van der Waals surface area contributed by atoms with E-state index < -0.39 is 20.8 Å². The molecule has 0 saturated carbocycles. The molecule has 0 fully saturated rings. The predicted octanol–water partition coefficient (Wildman–Crippen LogP) is -13.6. The monoisotopic (exact) mass is 436 g/mol. The minimum atomic E-state index is -5.17. The molecule has 0 amide bonds. The van der Waals surface area contributed by atoms with Crippen LogP contribution < -0.4 is 103 Å². The van der Waals surface area contributed by atoms with Crippen LogP contribution in [0.1, 0.15) is 0 Å². The van der Waals surface area contributed by atoms with E-state index in [4.69, 9.17) is 35.0 Å². The standard InChI is InChI=1S/2K.Ni.2H2O4S.6H2O/c;;;2*1-5(2,3)4;;;;;;/h;;;2*(H2,1,2,3,4);6*1H2/q2*+1;+2;;;;;;;;/p-4. The van der Waals surface area contributed by atoms with Crippen molar-refractivity contribution in [2.45, 2.75) is 0 Å². The van der Waals surface area contributed by atoms with Crippen molar-refractivity contribution in [3.8, 4) is 0 Å². The molecule has 0 aliphatic carbocycles. The van der Waals surface area contributed by atoms with E-state index in [1.54, 1.807) is 0 Å². The number of hydrogen-bond donors (Lipinski definition) is 0. The first-order valence-corrected chi connectivity index (χ1v) is 4.00. The van der Waals surface area contributed by atoms with E-state index in [1.807, 2.05) is 0 Å². The average molecular weight is 437 g/mol. The average Bonchev–Trinajstić information content (AvgIpc) is 1.12. The van der Waals surface area contributed by atoms with Gasteiger partial charge in [0.2, 0.25) is 0 Å². The third-order valence-corrected chi connectivity index (χ3v) is 0. The zero-order valence-corrected chi connectivity index (χ0v) is 18.3. The molecular weight excluding hydrogens is 425 g/mol. The zero-order valence-electron chi connectivity index (χ0n) is 9.40. The summed E-state index contributed by atoms with van der Waals surface area (Å²) in [5, 5.41) is 0. The molecule has 14 nitrogen and oxygen atoms in total. The number of rotatable bonds is 0. The summed E-state index contributed by atoms with van der Waals surface area (Å²) in [5.41, 5.74) is 0. The fourth-order valence-corrected chi connectivity index (χ4v) is 0.